The Hall–Kier alpha value is -2.53. The molecule has 0 radical (unpaired) electrons. The molecule has 3 rings (SSSR count). The van der Waals surface area contributed by atoms with Crippen LogP contribution in [0.25, 0.3) is 0 Å². The number of aryl methyl sites for hydroxylation is 1. The van der Waals surface area contributed by atoms with Crippen LogP contribution in [0.2, 0.25) is 5.02 Å². The largest absolute Gasteiger partial charge is 0.326 e. The number of rotatable bonds is 3. The van der Waals surface area contributed by atoms with E-state index in [1.807, 2.05) is 43.3 Å². The number of para-hydroxylation sites is 1. The molecule has 2 aromatic rings. The summed E-state index contributed by atoms with van der Waals surface area (Å²) in [5.74, 6) is -0.0988. The van der Waals surface area contributed by atoms with E-state index in [0.29, 0.717) is 23.7 Å². The van der Waals surface area contributed by atoms with Crippen molar-refractivity contribution in [3.8, 4) is 0 Å². The van der Waals surface area contributed by atoms with E-state index in [4.69, 9.17) is 11.6 Å². The zero-order valence-corrected chi connectivity index (χ0v) is 14.0. The molecule has 124 valence electrons. The first kappa shape index (κ1) is 16.3. The summed E-state index contributed by atoms with van der Waals surface area (Å²) in [5.41, 5.74) is 2.37. The van der Waals surface area contributed by atoms with Crippen LogP contribution in [-0.2, 0) is 4.79 Å². The van der Waals surface area contributed by atoms with Crippen molar-refractivity contribution < 1.29 is 9.59 Å². The average molecular weight is 344 g/mol. The van der Waals surface area contributed by atoms with E-state index in [2.05, 4.69) is 10.6 Å². The normalized spacial score (nSPS) is 17.0. The number of nitrogens with one attached hydrogen (secondary N) is 2. The van der Waals surface area contributed by atoms with Gasteiger partial charge in [-0.1, -0.05) is 35.9 Å². The first-order valence-corrected chi connectivity index (χ1v) is 8.12. The van der Waals surface area contributed by atoms with Gasteiger partial charge in [-0.3, -0.25) is 4.79 Å². The van der Waals surface area contributed by atoms with Crippen molar-refractivity contribution in [1.82, 2.24) is 5.32 Å². The molecule has 1 atom stereocenters. The number of carbonyl (C=O) groups excluding carboxylic acids is 2. The Kier molecular flexibility index (Phi) is 4.71. The van der Waals surface area contributed by atoms with Crippen LogP contribution in [0, 0.1) is 6.92 Å². The monoisotopic (exact) mass is 343 g/mol. The van der Waals surface area contributed by atoms with Gasteiger partial charge in [0.1, 0.15) is 6.04 Å². The lowest BCUT2D eigenvalue weighted by atomic mass is 10.2. The van der Waals surface area contributed by atoms with E-state index in [1.165, 1.54) is 0 Å². The van der Waals surface area contributed by atoms with Gasteiger partial charge >= 0.3 is 6.03 Å². The van der Waals surface area contributed by atoms with Crippen molar-refractivity contribution in [2.75, 3.05) is 16.8 Å². The fraction of sp³-hybridized carbons (Fsp3) is 0.222. The number of nitrogens with zero attached hydrogens (tertiary/aromatic N) is 1. The predicted octanol–water partition coefficient (Wildman–Crippen LogP) is 3.58. The summed E-state index contributed by atoms with van der Waals surface area (Å²) >= 11 is 6.05. The number of carbonyl (C=O) groups is 2. The molecular formula is C18H18ClN3O2. The maximum Gasteiger partial charge on any atom is 0.319 e. The van der Waals surface area contributed by atoms with Crippen LogP contribution in [-0.4, -0.2) is 24.5 Å². The Labute approximate surface area is 145 Å². The Morgan fingerprint density at radius 2 is 1.96 bits per heavy atom. The van der Waals surface area contributed by atoms with Crippen molar-refractivity contribution in [2.24, 2.45) is 0 Å². The summed E-state index contributed by atoms with van der Waals surface area (Å²) in [6.07, 6.45) is 0.579. The lowest BCUT2D eigenvalue weighted by Crippen LogP contribution is -2.43. The van der Waals surface area contributed by atoms with Crippen LogP contribution in [0.4, 0.5) is 16.2 Å². The van der Waals surface area contributed by atoms with E-state index in [-0.39, 0.29) is 5.91 Å². The SMILES string of the molecule is Cc1ccc(NC(=O)NC2CCN(c3ccccc3)C2=O)cc1Cl. The molecule has 2 aromatic carbocycles. The van der Waals surface area contributed by atoms with Crippen molar-refractivity contribution in [3.05, 3.63) is 59.1 Å². The van der Waals surface area contributed by atoms with Crippen LogP contribution in [0.3, 0.4) is 0 Å². The van der Waals surface area contributed by atoms with E-state index in [9.17, 15) is 9.59 Å². The molecule has 3 amide bonds. The molecule has 6 heteroatoms. The Balaban J connectivity index is 1.61. The van der Waals surface area contributed by atoms with Gasteiger partial charge in [-0.2, -0.15) is 0 Å². The number of benzene rings is 2. The van der Waals surface area contributed by atoms with E-state index in [1.54, 1.807) is 17.0 Å². The molecule has 0 bridgehead atoms. The number of hydrogen-bond acceptors (Lipinski definition) is 2. The van der Waals surface area contributed by atoms with Gasteiger partial charge < -0.3 is 15.5 Å². The highest BCUT2D eigenvalue weighted by molar-refractivity contribution is 6.31. The molecule has 24 heavy (non-hydrogen) atoms. The van der Waals surface area contributed by atoms with Crippen LogP contribution >= 0.6 is 11.6 Å². The molecule has 0 aromatic heterocycles. The minimum atomic E-state index is -0.522. The third-order valence-corrected chi connectivity index (χ3v) is 4.42. The van der Waals surface area contributed by atoms with Crippen molar-refractivity contribution in [3.63, 3.8) is 0 Å². The highest BCUT2D eigenvalue weighted by Gasteiger charge is 2.33. The second kappa shape index (κ2) is 6.93. The van der Waals surface area contributed by atoms with Crippen LogP contribution in [0.15, 0.2) is 48.5 Å². The lowest BCUT2D eigenvalue weighted by Gasteiger charge is -2.17. The molecule has 5 nitrogen and oxygen atoms in total. The molecule has 1 saturated heterocycles. The van der Waals surface area contributed by atoms with Gasteiger partial charge in [-0.05, 0) is 43.2 Å². The Bertz CT molecular complexity index is 764. The van der Waals surface area contributed by atoms with Crippen LogP contribution in [0.1, 0.15) is 12.0 Å². The summed E-state index contributed by atoms with van der Waals surface area (Å²) in [4.78, 5) is 26.3. The van der Waals surface area contributed by atoms with Gasteiger partial charge in [0.15, 0.2) is 0 Å². The van der Waals surface area contributed by atoms with Gasteiger partial charge in [0.25, 0.3) is 0 Å². The van der Waals surface area contributed by atoms with E-state index < -0.39 is 12.1 Å². The summed E-state index contributed by atoms with van der Waals surface area (Å²) < 4.78 is 0. The first-order valence-electron chi connectivity index (χ1n) is 7.74. The lowest BCUT2D eigenvalue weighted by molar-refractivity contribution is -0.118. The number of amides is 3. The summed E-state index contributed by atoms with van der Waals surface area (Å²) in [6.45, 7) is 2.48. The molecule has 0 spiro atoms. The van der Waals surface area contributed by atoms with Crippen LogP contribution in [0.5, 0.6) is 0 Å². The zero-order valence-electron chi connectivity index (χ0n) is 13.3. The summed E-state index contributed by atoms with van der Waals surface area (Å²) in [6, 6.07) is 13.8. The van der Waals surface area contributed by atoms with E-state index >= 15 is 0 Å². The Morgan fingerprint density at radius 3 is 2.67 bits per heavy atom. The number of urea groups is 1. The fourth-order valence-electron chi connectivity index (χ4n) is 2.67. The van der Waals surface area contributed by atoms with Crippen molar-refractivity contribution in [1.29, 1.82) is 0 Å². The van der Waals surface area contributed by atoms with Crippen molar-refractivity contribution in [2.45, 2.75) is 19.4 Å². The quantitative estimate of drug-likeness (QED) is 0.894. The van der Waals surface area contributed by atoms with Gasteiger partial charge in [0.05, 0.1) is 0 Å². The molecule has 0 saturated carbocycles. The molecule has 1 unspecified atom stereocenters. The predicted molar refractivity (Wildman–Crippen MR) is 95.5 cm³/mol. The smallest absolute Gasteiger partial charge is 0.319 e. The molecule has 2 N–H and O–H groups in total. The topological polar surface area (TPSA) is 61.4 Å². The van der Waals surface area contributed by atoms with Gasteiger partial charge in [0.2, 0.25) is 5.91 Å². The second-order valence-corrected chi connectivity index (χ2v) is 6.14. The number of halogens is 1. The maximum absolute atomic E-state index is 12.5. The minimum Gasteiger partial charge on any atom is -0.326 e. The number of anilines is 2. The standard InChI is InChI=1S/C18H18ClN3O2/c1-12-7-8-13(11-15(12)19)20-18(24)21-16-9-10-22(17(16)23)14-5-3-2-4-6-14/h2-8,11,16H,9-10H2,1H3,(H2,20,21,24). The van der Waals surface area contributed by atoms with Gasteiger partial charge in [0, 0.05) is 22.9 Å². The second-order valence-electron chi connectivity index (χ2n) is 5.73. The molecule has 1 aliphatic heterocycles. The van der Waals surface area contributed by atoms with Crippen molar-refractivity contribution >= 4 is 34.9 Å². The van der Waals surface area contributed by atoms with Crippen LogP contribution < -0.4 is 15.5 Å². The zero-order chi connectivity index (χ0) is 17.1. The molecule has 1 fully saturated rings. The summed E-state index contributed by atoms with van der Waals surface area (Å²) in [7, 11) is 0. The molecule has 0 aliphatic carbocycles. The highest BCUT2D eigenvalue weighted by atomic mass is 35.5. The molecule has 1 aliphatic rings. The number of hydrogen-bond donors (Lipinski definition) is 2. The minimum absolute atomic E-state index is 0.0988. The summed E-state index contributed by atoms with van der Waals surface area (Å²) in [5, 5.41) is 6.02. The Morgan fingerprint density at radius 1 is 1.21 bits per heavy atom. The van der Waals surface area contributed by atoms with Gasteiger partial charge in [-0.15, -0.1) is 0 Å². The fourth-order valence-corrected chi connectivity index (χ4v) is 2.85. The molecular weight excluding hydrogens is 326 g/mol. The highest BCUT2D eigenvalue weighted by Crippen LogP contribution is 2.22. The van der Waals surface area contributed by atoms with Gasteiger partial charge in [-0.25, -0.2) is 4.79 Å². The average Bonchev–Trinajstić information content (AvgIpc) is 2.92. The third kappa shape index (κ3) is 3.51. The third-order valence-electron chi connectivity index (χ3n) is 4.01. The first-order chi connectivity index (χ1) is 11.5. The maximum atomic E-state index is 12.5. The van der Waals surface area contributed by atoms with E-state index in [0.717, 1.165) is 11.3 Å². The molecule has 1 heterocycles.